The van der Waals surface area contributed by atoms with E-state index in [9.17, 15) is 13.2 Å². The predicted octanol–water partition coefficient (Wildman–Crippen LogP) is 2.92. The minimum absolute atomic E-state index is 0.0395. The van der Waals surface area contributed by atoms with Crippen LogP contribution in [0.25, 0.3) is 0 Å². The number of rotatable bonds is 6. The Morgan fingerprint density at radius 1 is 1.19 bits per heavy atom. The molecule has 0 aliphatic carbocycles. The molecule has 2 aromatic rings. The summed E-state index contributed by atoms with van der Waals surface area (Å²) < 4.78 is 27.4. The number of sulfonamides is 1. The van der Waals surface area contributed by atoms with Crippen LogP contribution in [0.3, 0.4) is 0 Å². The number of piperidine rings is 1. The number of amides is 1. The van der Waals surface area contributed by atoms with Crippen molar-refractivity contribution in [2.45, 2.75) is 43.9 Å². The standard InChI is InChI=1S/C17H22N4O3S2/c1-2-8-15-19-20-17(25-15)18-16(22)13-9-4-5-10-14(13)26(23,24)21-11-6-3-7-12-21/h4-5,9-10H,2-3,6-8,11-12H2,1H3,(H,18,20,22). The van der Waals surface area contributed by atoms with Gasteiger partial charge in [0.1, 0.15) is 5.01 Å². The third-order valence-electron chi connectivity index (χ3n) is 4.22. The van der Waals surface area contributed by atoms with Crippen molar-refractivity contribution in [1.82, 2.24) is 14.5 Å². The lowest BCUT2D eigenvalue weighted by Crippen LogP contribution is -2.36. The van der Waals surface area contributed by atoms with Crippen molar-refractivity contribution in [1.29, 1.82) is 0 Å². The fourth-order valence-corrected chi connectivity index (χ4v) is 5.45. The quantitative estimate of drug-likeness (QED) is 0.813. The maximum atomic E-state index is 13.0. The van der Waals surface area contributed by atoms with Crippen molar-refractivity contribution < 1.29 is 13.2 Å². The Morgan fingerprint density at radius 2 is 1.92 bits per heavy atom. The largest absolute Gasteiger partial charge is 0.296 e. The average Bonchev–Trinajstić information content (AvgIpc) is 3.09. The highest BCUT2D eigenvalue weighted by Crippen LogP contribution is 2.25. The van der Waals surface area contributed by atoms with Crippen molar-refractivity contribution in [3.63, 3.8) is 0 Å². The highest BCUT2D eigenvalue weighted by molar-refractivity contribution is 7.89. The van der Waals surface area contributed by atoms with Crippen molar-refractivity contribution in [3.05, 3.63) is 34.8 Å². The predicted molar refractivity (Wildman–Crippen MR) is 101 cm³/mol. The molecule has 1 aliphatic rings. The van der Waals surface area contributed by atoms with Crippen LogP contribution in [0.2, 0.25) is 0 Å². The Bertz CT molecular complexity index is 874. The third-order valence-corrected chi connectivity index (χ3v) is 7.07. The minimum Gasteiger partial charge on any atom is -0.296 e. The van der Waals surface area contributed by atoms with Gasteiger partial charge in [-0.1, -0.05) is 36.8 Å². The zero-order chi connectivity index (χ0) is 18.6. The van der Waals surface area contributed by atoms with E-state index < -0.39 is 15.9 Å². The van der Waals surface area contributed by atoms with Gasteiger partial charge in [0.15, 0.2) is 0 Å². The summed E-state index contributed by atoms with van der Waals surface area (Å²) in [6, 6.07) is 6.31. The van der Waals surface area contributed by atoms with E-state index in [2.05, 4.69) is 15.5 Å². The summed E-state index contributed by atoms with van der Waals surface area (Å²) in [4.78, 5) is 12.7. The van der Waals surface area contributed by atoms with E-state index in [-0.39, 0.29) is 10.5 Å². The summed E-state index contributed by atoms with van der Waals surface area (Å²) in [5.41, 5.74) is 0.130. The van der Waals surface area contributed by atoms with Gasteiger partial charge in [-0.05, 0) is 31.4 Å². The second kappa shape index (κ2) is 8.24. The van der Waals surface area contributed by atoms with Crippen LogP contribution in [0, 0.1) is 0 Å². The van der Waals surface area contributed by atoms with Gasteiger partial charge in [-0.3, -0.25) is 10.1 Å². The van der Waals surface area contributed by atoms with Crippen LogP contribution in [0.4, 0.5) is 5.13 Å². The second-order valence-electron chi connectivity index (χ2n) is 6.17. The summed E-state index contributed by atoms with van der Waals surface area (Å²) in [6.45, 7) is 3.03. The molecule has 3 rings (SSSR count). The summed E-state index contributed by atoms with van der Waals surface area (Å²) in [7, 11) is -3.69. The molecule has 1 aromatic heterocycles. The van der Waals surface area contributed by atoms with Gasteiger partial charge in [0.2, 0.25) is 15.2 Å². The fraction of sp³-hybridized carbons (Fsp3) is 0.471. The second-order valence-corrected chi connectivity index (χ2v) is 9.13. The molecule has 1 N–H and O–H groups in total. The third kappa shape index (κ3) is 4.11. The molecule has 7 nitrogen and oxygen atoms in total. The first-order chi connectivity index (χ1) is 12.5. The van der Waals surface area contributed by atoms with Crippen LogP contribution in [0.15, 0.2) is 29.2 Å². The Morgan fingerprint density at radius 3 is 2.65 bits per heavy atom. The molecule has 0 bridgehead atoms. The van der Waals surface area contributed by atoms with Crippen molar-refractivity contribution in [2.75, 3.05) is 18.4 Å². The normalized spacial score (nSPS) is 15.7. The van der Waals surface area contributed by atoms with Gasteiger partial charge < -0.3 is 0 Å². The molecule has 1 saturated heterocycles. The minimum atomic E-state index is -3.69. The van der Waals surface area contributed by atoms with E-state index >= 15 is 0 Å². The molecule has 2 heterocycles. The van der Waals surface area contributed by atoms with Gasteiger partial charge in [-0.15, -0.1) is 10.2 Å². The van der Waals surface area contributed by atoms with Crippen LogP contribution in [0.1, 0.15) is 48.0 Å². The Balaban J connectivity index is 1.84. The maximum Gasteiger partial charge on any atom is 0.258 e. The zero-order valence-electron chi connectivity index (χ0n) is 14.6. The summed E-state index contributed by atoms with van der Waals surface area (Å²) >= 11 is 1.31. The number of benzene rings is 1. The van der Waals surface area contributed by atoms with Gasteiger partial charge in [0.25, 0.3) is 5.91 Å². The van der Waals surface area contributed by atoms with Crippen LogP contribution in [-0.4, -0.2) is 41.9 Å². The number of hydrogen-bond acceptors (Lipinski definition) is 6. The number of carbonyl (C=O) groups excluding carboxylic acids is 1. The Kier molecular flexibility index (Phi) is 6.00. The lowest BCUT2D eigenvalue weighted by Gasteiger charge is -2.26. The molecular formula is C17H22N4O3S2. The van der Waals surface area contributed by atoms with Crippen LogP contribution < -0.4 is 5.32 Å². The topological polar surface area (TPSA) is 92.3 Å². The van der Waals surface area contributed by atoms with E-state index in [0.717, 1.165) is 37.1 Å². The molecule has 1 fully saturated rings. The number of carbonyl (C=O) groups is 1. The Labute approximate surface area is 157 Å². The zero-order valence-corrected chi connectivity index (χ0v) is 16.3. The lowest BCUT2D eigenvalue weighted by molar-refractivity contribution is 0.102. The number of nitrogens with zero attached hydrogens (tertiary/aromatic N) is 3. The summed E-state index contributed by atoms with van der Waals surface area (Å²) in [5.74, 6) is -0.486. The van der Waals surface area contributed by atoms with Crippen molar-refractivity contribution in [2.24, 2.45) is 0 Å². The fourth-order valence-electron chi connectivity index (χ4n) is 2.91. The average molecular weight is 395 g/mol. The number of nitrogens with one attached hydrogen (secondary N) is 1. The van der Waals surface area contributed by atoms with Gasteiger partial charge in [0, 0.05) is 19.5 Å². The molecule has 0 spiro atoms. The van der Waals surface area contributed by atoms with Gasteiger partial charge >= 0.3 is 0 Å². The number of aryl methyl sites for hydroxylation is 1. The smallest absolute Gasteiger partial charge is 0.258 e. The number of hydrogen-bond donors (Lipinski definition) is 1. The molecule has 0 unspecified atom stereocenters. The SMILES string of the molecule is CCCc1nnc(NC(=O)c2ccccc2S(=O)(=O)N2CCCCC2)s1. The first-order valence-electron chi connectivity index (χ1n) is 8.75. The molecule has 0 atom stereocenters. The lowest BCUT2D eigenvalue weighted by atomic mass is 10.2. The monoisotopic (exact) mass is 394 g/mol. The van der Waals surface area contributed by atoms with E-state index in [1.165, 1.54) is 27.8 Å². The molecule has 1 aromatic carbocycles. The molecule has 0 radical (unpaired) electrons. The summed E-state index contributed by atoms with van der Waals surface area (Å²) in [5, 5.41) is 11.9. The van der Waals surface area contributed by atoms with Gasteiger partial charge in [0.05, 0.1) is 10.5 Å². The van der Waals surface area contributed by atoms with E-state index in [4.69, 9.17) is 0 Å². The highest BCUT2D eigenvalue weighted by atomic mass is 32.2. The van der Waals surface area contributed by atoms with Crippen LogP contribution in [0.5, 0.6) is 0 Å². The summed E-state index contributed by atoms with van der Waals surface area (Å²) in [6.07, 6.45) is 4.47. The maximum absolute atomic E-state index is 13.0. The molecule has 1 aliphatic heterocycles. The van der Waals surface area contributed by atoms with Crippen molar-refractivity contribution >= 4 is 32.4 Å². The van der Waals surface area contributed by atoms with Crippen LogP contribution in [-0.2, 0) is 16.4 Å². The van der Waals surface area contributed by atoms with E-state index in [0.29, 0.717) is 18.2 Å². The molecule has 140 valence electrons. The first kappa shape index (κ1) is 18.9. The molecule has 1 amide bonds. The van der Waals surface area contributed by atoms with Crippen molar-refractivity contribution in [3.8, 4) is 0 Å². The van der Waals surface area contributed by atoms with Gasteiger partial charge in [-0.2, -0.15) is 4.31 Å². The van der Waals surface area contributed by atoms with E-state index in [1.54, 1.807) is 12.1 Å². The molecule has 0 saturated carbocycles. The number of aromatic nitrogens is 2. The van der Waals surface area contributed by atoms with Crippen LogP contribution >= 0.6 is 11.3 Å². The molecular weight excluding hydrogens is 372 g/mol. The Hall–Kier alpha value is -1.84. The molecule has 26 heavy (non-hydrogen) atoms. The molecule has 9 heteroatoms. The van der Waals surface area contributed by atoms with E-state index in [1.807, 2.05) is 6.92 Å². The number of anilines is 1. The highest BCUT2D eigenvalue weighted by Gasteiger charge is 2.30. The first-order valence-corrected chi connectivity index (χ1v) is 11.0. The van der Waals surface area contributed by atoms with Gasteiger partial charge in [-0.25, -0.2) is 8.42 Å².